The van der Waals surface area contributed by atoms with Crippen LogP contribution in [-0.2, 0) is 42.4 Å². The summed E-state index contributed by atoms with van der Waals surface area (Å²) < 4.78 is 50.7. The Bertz CT molecular complexity index is 1870. The van der Waals surface area contributed by atoms with Crippen molar-refractivity contribution in [3.05, 3.63) is 60.4 Å². The van der Waals surface area contributed by atoms with E-state index >= 15 is 0 Å². The average Bonchev–Trinajstić information content (AvgIpc) is 3.59. The molecule has 1 aliphatic heterocycles. The van der Waals surface area contributed by atoms with Gasteiger partial charge >= 0.3 is 25.7 Å². The molecule has 0 aliphatic carbocycles. The van der Waals surface area contributed by atoms with Crippen LogP contribution in [0.1, 0.15) is 73.1 Å². The number of nitriles is 1. The largest absolute Gasteiger partial charge is 0.462 e. The minimum Gasteiger partial charge on any atom is -0.462 e. The van der Waals surface area contributed by atoms with E-state index in [9.17, 15) is 34.4 Å². The van der Waals surface area contributed by atoms with E-state index in [0.717, 1.165) is 0 Å². The second-order valence-electron chi connectivity index (χ2n) is 14.2. The van der Waals surface area contributed by atoms with Crippen LogP contribution in [-0.4, -0.2) is 85.5 Å². The number of nitrogens with zero attached hydrogens (tertiary/aromatic N) is 3. The van der Waals surface area contributed by atoms with E-state index in [0.29, 0.717) is 11.2 Å². The molecule has 1 fully saturated rings. The number of carbonyl (C=O) groups excluding carboxylic acids is 3. The SMILES string of the molecule is CC(C)OC(=O)[C@H](C)N[P@](=O)(OC[C@@]1(C#N)O[C@@H](c2ccc3c(N)ccnn23)[C@H](OC(=O)CC(C)(C)O)[C@@H]1OC(=O)CC(C)(C)O)Oc1ccccc1. The quantitative estimate of drug-likeness (QED) is 0.0927. The Labute approximate surface area is 306 Å². The van der Waals surface area contributed by atoms with Gasteiger partial charge in [0.05, 0.1) is 47.0 Å². The van der Waals surface area contributed by atoms with Crippen LogP contribution >= 0.6 is 7.75 Å². The monoisotopic (exact) mass is 759 g/mol. The number of rotatable bonds is 16. The zero-order chi connectivity index (χ0) is 39.4. The van der Waals surface area contributed by atoms with Crippen LogP contribution in [0, 0.1) is 11.3 Å². The summed E-state index contributed by atoms with van der Waals surface area (Å²) in [4.78, 5) is 39.4. The molecule has 4 rings (SSSR count). The molecular weight excluding hydrogens is 713 g/mol. The number of ether oxygens (including phenoxy) is 4. The van der Waals surface area contributed by atoms with Gasteiger partial charge in [-0.2, -0.15) is 15.4 Å². The summed E-state index contributed by atoms with van der Waals surface area (Å²) in [6.45, 7) is 9.17. The number of aliphatic hydroxyl groups is 2. The lowest BCUT2D eigenvalue weighted by molar-refractivity contribution is -0.174. The first-order chi connectivity index (χ1) is 24.6. The molecule has 1 aliphatic rings. The molecule has 0 spiro atoms. The summed E-state index contributed by atoms with van der Waals surface area (Å²) in [5, 5.41) is 38.5. The number of nitrogen functional groups attached to an aromatic ring is 1. The van der Waals surface area contributed by atoms with Crippen LogP contribution in [0.4, 0.5) is 5.69 Å². The maximum Gasteiger partial charge on any atom is 0.459 e. The van der Waals surface area contributed by atoms with E-state index in [1.807, 2.05) is 6.07 Å². The van der Waals surface area contributed by atoms with Crippen LogP contribution in [0.5, 0.6) is 5.75 Å². The van der Waals surface area contributed by atoms with Crippen LogP contribution in [0.2, 0.25) is 0 Å². The minimum absolute atomic E-state index is 0.0684. The normalized spacial score (nSPS) is 22.1. The van der Waals surface area contributed by atoms with Crippen molar-refractivity contribution in [2.24, 2.45) is 0 Å². The van der Waals surface area contributed by atoms with Crippen molar-refractivity contribution in [3.8, 4) is 11.8 Å². The summed E-state index contributed by atoms with van der Waals surface area (Å²) in [6.07, 6.45) is -4.99. The van der Waals surface area contributed by atoms with Gasteiger partial charge in [0.1, 0.15) is 30.6 Å². The number of hydrogen-bond donors (Lipinski definition) is 4. The summed E-state index contributed by atoms with van der Waals surface area (Å²) in [5.74, 6) is -2.67. The number of fused-ring (bicyclic) bond motifs is 1. The molecule has 5 N–H and O–H groups in total. The summed E-state index contributed by atoms with van der Waals surface area (Å²) >= 11 is 0. The van der Waals surface area contributed by atoms with E-state index in [1.54, 1.807) is 50.2 Å². The molecule has 6 atom stereocenters. The van der Waals surface area contributed by atoms with E-state index in [4.69, 9.17) is 33.7 Å². The Balaban J connectivity index is 1.82. The van der Waals surface area contributed by atoms with Crippen molar-refractivity contribution in [2.75, 3.05) is 12.3 Å². The molecule has 288 valence electrons. The predicted octanol–water partition coefficient (Wildman–Crippen LogP) is 3.53. The van der Waals surface area contributed by atoms with Gasteiger partial charge in [-0.1, -0.05) is 18.2 Å². The number of nitrogens with two attached hydrogens (primary N) is 1. The van der Waals surface area contributed by atoms with E-state index in [1.165, 1.54) is 57.5 Å². The fourth-order valence-corrected chi connectivity index (χ4v) is 6.93. The summed E-state index contributed by atoms with van der Waals surface area (Å²) in [7, 11) is -4.64. The second-order valence-corrected chi connectivity index (χ2v) is 15.9. The van der Waals surface area contributed by atoms with E-state index in [2.05, 4.69) is 10.2 Å². The lowest BCUT2D eigenvalue weighted by Crippen LogP contribution is -2.50. The highest BCUT2D eigenvalue weighted by molar-refractivity contribution is 7.52. The molecule has 0 amide bonds. The van der Waals surface area contributed by atoms with Crippen LogP contribution in [0.25, 0.3) is 5.52 Å². The van der Waals surface area contributed by atoms with Gasteiger partial charge in [0.2, 0.25) is 5.60 Å². The average molecular weight is 760 g/mol. The first kappa shape index (κ1) is 41.2. The first-order valence-electron chi connectivity index (χ1n) is 16.8. The van der Waals surface area contributed by atoms with E-state index < -0.39 is 92.4 Å². The van der Waals surface area contributed by atoms with Crippen molar-refractivity contribution >= 4 is 36.9 Å². The molecule has 0 unspecified atom stereocenters. The van der Waals surface area contributed by atoms with Gasteiger partial charge in [-0.15, -0.1) is 0 Å². The number of anilines is 1. The van der Waals surface area contributed by atoms with Crippen molar-refractivity contribution in [3.63, 3.8) is 0 Å². The van der Waals surface area contributed by atoms with Gasteiger partial charge in [-0.05, 0) is 78.8 Å². The van der Waals surface area contributed by atoms with Crippen molar-refractivity contribution in [1.29, 1.82) is 5.26 Å². The fraction of sp³-hybridized carbons (Fsp3) is 0.514. The maximum atomic E-state index is 14.4. The predicted molar refractivity (Wildman–Crippen MR) is 188 cm³/mol. The maximum absolute atomic E-state index is 14.4. The number of esters is 3. The Morgan fingerprint density at radius 1 is 1.04 bits per heavy atom. The second kappa shape index (κ2) is 16.2. The Hall–Kier alpha value is -4.56. The molecule has 0 saturated carbocycles. The fourth-order valence-electron chi connectivity index (χ4n) is 5.41. The van der Waals surface area contributed by atoms with Gasteiger partial charge in [0.25, 0.3) is 0 Å². The third-order valence-electron chi connectivity index (χ3n) is 7.65. The number of aromatic nitrogens is 2. The minimum atomic E-state index is -4.64. The molecule has 17 nitrogen and oxygen atoms in total. The molecule has 3 heterocycles. The number of benzene rings is 1. The Kier molecular flexibility index (Phi) is 12.6. The molecule has 0 radical (unpaired) electrons. The molecule has 18 heteroatoms. The van der Waals surface area contributed by atoms with Crippen molar-refractivity contribution in [1.82, 2.24) is 14.7 Å². The standard InChI is InChI=1S/C35H46N5O12P/c1-21(2)48-32(43)22(3)39-53(46,52-23-11-9-8-10-12-23)47-20-35(19-36)31(50-28(42)18-34(6,7)45)30(49-27(41)17-33(4,5)44)29(51-35)26-14-13-25-24(37)15-16-38-40(25)26/h8-16,21-22,29-31,44-45H,17-18,20,37H2,1-7H3,(H,39,46)/t22-,29-,30-,31-,35+,53-/m0/s1. The Morgan fingerprint density at radius 2 is 1.66 bits per heavy atom. The highest BCUT2D eigenvalue weighted by atomic mass is 31.2. The highest BCUT2D eigenvalue weighted by Gasteiger charge is 2.62. The van der Waals surface area contributed by atoms with Gasteiger partial charge in [0, 0.05) is 6.20 Å². The number of hydrogen-bond acceptors (Lipinski definition) is 15. The number of nitrogens with one attached hydrogen (secondary N) is 1. The highest BCUT2D eigenvalue weighted by Crippen LogP contribution is 2.50. The van der Waals surface area contributed by atoms with Gasteiger partial charge in [0.15, 0.2) is 12.2 Å². The number of carbonyl (C=O) groups is 3. The molecule has 1 aromatic carbocycles. The summed E-state index contributed by atoms with van der Waals surface area (Å²) in [5.41, 5.74) is 1.66. The third kappa shape index (κ3) is 10.8. The van der Waals surface area contributed by atoms with Crippen LogP contribution in [0.15, 0.2) is 54.7 Å². The molecular formula is C35H46N5O12P. The molecule has 2 aromatic heterocycles. The topological polar surface area (TPSA) is 243 Å². The Morgan fingerprint density at radius 3 is 2.25 bits per heavy atom. The molecule has 53 heavy (non-hydrogen) atoms. The van der Waals surface area contributed by atoms with Crippen molar-refractivity contribution < 1.29 is 57.2 Å². The van der Waals surface area contributed by atoms with Crippen molar-refractivity contribution in [2.45, 2.75) is 109 Å². The van der Waals surface area contributed by atoms with Gasteiger partial charge in [-0.3, -0.25) is 18.9 Å². The smallest absolute Gasteiger partial charge is 0.459 e. The van der Waals surface area contributed by atoms with E-state index in [-0.39, 0.29) is 11.4 Å². The summed E-state index contributed by atoms with van der Waals surface area (Å²) in [6, 6.07) is 13.3. The lowest BCUT2D eigenvalue weighted by atomic mass is 9.95. The zero-order valence-electron chi connectivity index (χ0n) is 30.5. The lowest BCUT2D eigenvalue weighted by Gasteiger charge is -2.31. The first-order valence-corrected chi connectivity index (χ1v) is 18.3. The molecule has 1 saturated heterocycles. The zero-order valence-corrected chi connectivity index (χ0v) is 31.4. The third-order valence-corrected chi connectivity index (χ3v) is 9.27. The van der Waals surface area contributed by atoms with Crippen LogP contribution < -0.4 is 15.3 Å². The molecule has 0 bridgehead atoms. The number of para-hydroxylation sites is 1. The molecule has 3 aromatic rings. The van der Waals surface area contributed by atoms with Crippen LogP contribution in [0.3, 0.4) is 0 Å². The van der Waals surface area contributed by atoms with Gasteiger partial charge < -0.3 is 39.4 Å². The van der Waals surface area contributed by atoms with Gasteiger partial charge in [-0.25, -0.2) is 9.08 Å².